The summed E-state index contributed by atoms with van der Waals surface area (Å²) in [6.45, 7) is 0.152. The molecule has 4 amide bonds. The number of imide groups is 1. The molecule has 1 saturated heterocycles. The molecule has 0 aliphatic carbocycles. The topological polar surface area (TPSA) is 78.5 Å². The maximum absolute atomic E-state index is 12.6. The molecule has 6 nitrogen and oxygen atoms in total. The van der Waals surface area contributed by atoms with Gasteiger partial charge >= 0.3 is 6.03 Å². The number of nitrogens with zero attached hydrogens (tertiary/aromatic N) is 1. The van der Waals surface area contributed by atoms with Gasteiger partial charge in [-0.2, -0.15) is 0 Å². The van der Waals surface area contributed by atoms with Crippen molar-refractivity contribution in [3.05, 3.63) is 63.1 Å². The maximum atomic E-state index is 12.6. The number of carbonyl (C=O) groups is 3. The van der Waals surface area contributed by atoms with Gasteiger partial charge in [-0.1, -0.05) is 53.0 Å². The van der Waals surface area contributed by atoms with Crippen molar-refractivity contribution in [3.63, 3.8) is 0 Å². The minimum Gasteiger partial charge on any atom is -0.350 e. The molecule has 1 fully saturated rings. The van der Waals surface area contributed by atoms with Crippen LogP contribution in [0.4, 0.5) is 10.5 Å². The predicted molar refractivity (Wildman–Crippen MR) is 109 cm³/mol. The fourth-order valence-corrected chi connectivity index (χ4v) is 3.55. The Hall–Kier alpha value is -2.28. The predicted octanol–water partition coefficient (Wildman–Crippen LogP) is 4.49. The molecule has 1 heterocycles. The highest BCUT2D eigenvalue weighted by Crippen LogP contribution is 2.25. The van der Waals surface area contributed by atoms with Crippen molar-refractivity contribution in [1.82, 2.24) is 10.2 Å². The Morgan fingerprint density at radius 3 is 2.54 bits per heavy atom. The van der Waals surface area contributed by atoms with E-state index in [-0.39, 0.29) is 19.4 Å². The SMILES string of the molecule is O=C(NCc1ccc(Cl)cc1Cl)[C@@H]1CCC(=O)N1C(=O)Nc1ccccc1Cl. The van der Waals surface area contributed by atoms with E-state index >= 15 is 0 Å². The second-order valence-corrected chi connectivity index (χ2v) is 7.43. The molecule has 0 unspecified atom stereocenters. The van der Waals surface area contributed by atoms with E-state index in [0.29, 0.717) is 26.3 Å². The minimum absolute atomic E-state index is 0.107. The molecule has 9 heteroatoms. The molecule has 0 bridgehead atoms. The number of hydrogen-bond acceptors (Lipinski definition) is 3. The van der Waals surface area contributed by atoms with E-state index in [2.05, 4.69) is 10.6 Å². The molecule has 28 heavy (non-hydrogen) atoms. The summed E-state index contributed by atoms with van der Waals surface area (Å²) < 4.78 is 0. The first kappa shape index (κ1) is 20.5. The van der Waals surface area contributed by atoms with Gasteiger partial charge < -0.3 is 10.6 Å². The quantitative estimate of drug-likeness (QED) is 0.735. The number of urea groups is 1. The Labute approximate surface area is 176 Å². The normalized spacial score (nSPS) is 16.2. The van der Waals surface area contributed by atoms with E-state index < -0.39 is 23.9 Å². The molecule has 3 rings (SSSR count). The highest BCUT2D eigenvalue weighted by molar-refractivity contribution is 6.35. The second kappa shape index (κ2) is 8.82. The molecule has 0 spiro atoms. The fourth-order valence-electron chi connectivity index (χ4n) is 2.89. The Balaban J connectivity index is 1.68. The zero-order valence-corrected chi connectivity index (χ0v) is 16.8. The highest BCUT2D eigenvalue weighted by Gasteiger charge is 2.40. The summed E-state index contributed by atoms with van der Waals surface area (Å²) in [5.41, 5.74) is 1.04. The van der Waals surface area contributed by atoms with Crippen LogP contribution in [-0.2, 0) is 16.1 Å². The monoisotopic (exact) mass is 439 g/mol. The van der Waals surface area contributed by atoms with Gasteiger partial charge in [-0.05, 0) is 36.2 Å². The summed E-state index contributed by atoms with van der Waals surface area (Å²) in [6, 6.07) is 9.99. The van der Waals surface area contributed by atoms with Gasteiger partial charge in [0.1, 0.15) is 6.04 Å². The molecule has 2 aromatic rings. The number of para-hydroxylation sites is 1. The van der Waals surface area contributed by atoms with Crippen LogP contribution in [0.2, 0.25) is 15.1 Å². The van der Waals surface area contributed by atoms with Gasteiger partial charge in [0.25, 0.3) is 0 Å². The zero-order chi connectivity index (χ0) is 20.3. The summed E-state index contributed by atoms with van der Waals surface area (Å²) in [7, 11) is 0. The van der Waals surface area contributed by atoms with Crippen molar-refractivity contribution in [2.24, 2.45) is 0 Å². The number of amides is 4. The first-order valence-corrected chi connectivity index (χ1v) is 9.59. The van der Waals surface area contributed by atoms with Crippen LogP contribution in [0, 0.1) is 0 Å². The number of likely N-dealkylation sites (tertiary alicyclic amines) is 1. The summed E-state index contributed by atoms with van der Waals surface area (Å²) >= 11 is 18.0. The Bertz CT molecular complexity index is 936. The van der Waals surface area contributed by atoms with E-state index in [1.807, 2.05) is 0 Å². The Kier molecular flexibility index (Phi) is 6.44. The van der Waals surface area contributed by atoms with Crippen LogP contribution in [0.3, 0.4) is 0 Å². The molecule has 0 saturated carbocycles. The first-order chi connectivity index (χ1) is 13.4. The number of nitrogens with one attached hydrogen (secondary N) is 2. The average Bonchev–Trinajstić information content (AvgIpc) is 3.04. The highest BCUT2D eigenvalue weighted by atomic mass is 35.5. The molecule has 0 radical (unpaired) electrons. The molecule has 2 aromatic carbocycles. The smallest absolute Gasteiger partial charge is 0.329 e. The van der Waals surface area contributed by atoms with E-state index in [1.165, 1.54) is 0 Å². The van der Waals surface area contributed by atoms with Gasteiger partial charge in [-0.15, -0.1) is 0 Å². The van der Waals surface area contributed by atoms with Crippen LogP contribution in [0.1, 0.15) is 18.4 Å². The summed E-state index contributed by atoms with van der Waals surface area (Å²) in [5, 5.41) is 6.53. The van der Waals surface area contributed by atoms with Crippen molar-refractivity contribution in [2.45, 2.75) is 25.4 Å². The number of anilines is 1. The standard InChI is InChI=1S/C19H16Cl3N3O3/c20-12-6-5-11(14(22)9-12)10-23-18(27)16-7-8-17(26)25(16)19(28)24-15-4-2-1-3-13(15)21/h1-6,9,16H,7-8,10H2,(H,23,27)(H,24,28)/t16-/m0/s1. The molecule has 0 aromatic heterocycles. The lowest BCUT2D eigenvalue weighted by molar-refractivity contribution is -0.132. The third-order valence-electron chi connectivity index (χ3n) is 4.32. The molecule has 146 valence electrons. The Morgan fingerprint density at radius 2 is 1.82 bits per heavy atom. The summed E-state index contributed by atoms with van der Waals surface area (Å²) in [6.07, 6.45) is 0.352. The van der Waals surface area contributed by atoms with Gasteiger partial charge in [0.05, 0.1) is 10.7 Å². The van der Waals surface area contributed by atoms with Crippen LogP contribution in [0.5, 0.6) is 0 Å². The average molecular weight is 441 g/mol. The molecule has 1 aliphatic rings. The molecule has 2 N–H and O–H groups in total. The minimum atomic E-state index is -0.902. The summed E-state index contributed by atoms with van der Waals surface area (Å²) in [5.74, 6) is -0.861. The van der Waals surface area contributed by atoms with Crippen LogP contribution >= 0.6 is 34.8 Å². The lowest BCUT2D eigenvalue weighted by Gasteiger charge is -2.23. The van der Waals surface area contributed by atoms with Crippen LogP contribution in [-0.4, -0.2) is 28.8 Å². The maximum Gasteiger partial charge on any atom is 0.329 e. The first-order valence-electron chi connectivity index (χ1n) is 8.46. The molecule has 1 atom stereocenters. The van der Waals surface area contributed by atoms with Crippen molar-refractivity contribution >= 4 is 58.3 Å². The van der Waals surface area contributed by atoms with Crippen molar-refractivity contribution in [3.8, 4) is 0 Å². The number of rotatable bonds is 4. The van der Waals surface area contributed by atoms with Crippen molar-refractivity contribution in [2.75, 3.05) is 5.32 Å². The van der Waals surface area contributed by atoms with E-state index in [1.54, 1.807) is 42.5 Å². The third kappa shape index (κ3) is 4.58. The van der Waals surface area contributed by atoms with E-state index in [0.717, 1.165) is 4.90 Å². The third-order valence-corrected chi connectivity index (χ3v) is 5.23. The van der Waals surface area contributed by atoms with Crippen LogP contribution in [0.25, 0.3) is 0 Å². The molecule has 1 aliphatic heterocycles. The van der Waals surface area contributed by atoms with Crippen LogP contribution in [0.15, 0.2) is 42.5 Å². The van der Waals surface area contributed by atoms with Gasteiger partial charge in [0, 0.05) is 23.0 Å². The number of hydrogen-bond donors (Lipinski definition) is 2. The largest absolute Gasteiger partial charge is 0.350 e. The fraction of sp³-hybridized carbons (Fsp3) is 0.211. The number of halogens is 3. The van der Waals surface area contributed by atoms with Gasteiger partial charge in [-0.3, -0.25) is 14.5 Å². The van der Waals surface area contributed by atoms with E-state index in [9.17, 15) is 14.4 Å². The molecular formula is C19H16Cl3N3O3. The molecular weight excluding hydrogens is 425 g/mol. The van der Waals surface area contributed by atoms with E-state index in [4.69, 9.17) is 34.8 Å². The number of benzene rings is 2. The zero-order valence-electron chi connectivity index (χ0n) is 14.5. The van der Waals surface area contributed by atoms with Gasteiger partial charge in [-0.25, -0.2) is 4.79 Å². The second-order valence-electron chi connectivity index (χ2n) is 6.18. The lowest BCUT2D eigenvalue weighted by atomic mass is 10.2. The van der Waals surface area contributed by atoms with Crippen molar-refractivity contribution < 1.29 is 14.4 Å². The van der Waals surface area contributed by atoms with Crippen molar-refractivity contribution in [1.29, 1.82) is 0 Å². The van der Waals surface area contributed by atoms with Gasteiger partial charge in [0.2, 0.25) is 11.8 Å². The van der Waals surface area contributed by atoms with Gasteiger partial charge in [0.15, 0.2) is 0 Å². The Morgan fingerprint density at radius 1 is 1.07 bits per heavy atom. The summed E-state index contributed by atoms with van der Waals surface area (Å²) in [4.78, 5) is 38.3. The van der Waals surface area contributed by atoms with Crippen LogP contribution < -0.4 is 10.6 Å². The number of carbonyl (C=O) groups excluding carboxylic acids is 3. The lowest BCUT2D eigenvalue weighted by Crippen LogP contribution is -2.49.